The maximum Gasteiger partial charge on any atom is 0.415 e. The van der Waals surface area contributed by atoms with Crippen LogP contribution in [0, 0.1) is 0 Å². The number of aromatic nitrogens is 1. The first-order chi connectivity index (χ1) is 11.8. The summed E-state index contributed by atoms with van der Waals surface area (Å²) in [4.78, 5) is 14.0. The van der Waals surface area contributed by atoms with Crippen LogP contribution in [0.25, 0.3) is 11.0 Å². The fraction of sp³-hybridized carbons (Fsp3) is 0.263. The quantitative estimate of drug-likeness (QED) is 0.709. The Hall–Kier alpha value is -2.82. The minimum Gasteiger partial charge on any atom is -0.410 e. The second-order valence-electron chi connectivity index (χ2n) is 6.01. The molecule has 2 heterocycles. The van der Waals surface area contributed by atoms with Gasteiger partial charge in [-0.2, -0.15) is 0 Å². The van der Waals surface area contributed by atoms with Gasteiger partial charge >= 0.3 is 6.09 Å². The fourth-order valence-corrected chi connectivity index (χ4v) is 3.19. The molecule has 1 amide bonds. The third-order valence-corrected chi connectivity index (χ3v) is 4.49. The molecule has 0 aliphatic carbocycles. The number of ether oxygens (including phenoxy) is 1. The number of fused-ring (bicyclic) bond motifs is 1. The molecule has 0 atom stereocenters. The van der Waals surface area contributed by atoms with Crippen molar-refractivity contribution < 1.29 is 14.1 Å². The number of carbonyl (C=O) groups excluding carboxylic acids is 1. The number of amides is 1. The molecule has 24 heavy (non-hydrogen) atoms. The summed E-state index contributed by atoms with van der Waals surface area (Å²) in [6.07, 6.45) is 1.44. The molecule has 0 radical (unpaired) electrons. The molecule has 1 fully saturated rings. The van der Waals surface area contributed by atoms with E-state index in [1.807, 2.05) is 42.5 Å². The number of likely N-dealkylation sites (tertiary alicyclic amines) is 1. The maximum atomic E-state index is 12.2. The Morgan fingerprint density at radius 2 is 1.75 bits per heavy atom. The lowest BCUT2D eigenvalue weighted by Crippen LogP contribution is -2.39. The number of nitrogens with zero attached hydrogens (tertiary/aromatic N) is 2. The van der Waals surface area contributed by atoms with Gasteiger partial charge in [-0.05, 0) is 37.1 Å². The highest BCUT2D eigenvalue weighted by Gasteiger charge is 2.28. The van der Waals surface area contributed by atoms with Gasteiger partial charge in [0.05, 0.1) is 5.69 Å². The summed E-state index contributed by atoms with van der Waals surface area (Å²) in [6, 6.07) is 17.1. The third-order valence-electron chi connectivity index (χ3n) is 4.49. The molecular formula is C19H18N2O3. The van der Waals surface area contributed by atoms with Crippen LogP contribution in [0.5, 0.6) is 5.75 Å². The van der Waals surface area contributed by atoms with E-state index in [1.165, 1.54) is 0 Å². The molecule has 1 aliphatic heterocycles. The third kappa shape index (κ3) is 2.85. The van der Waals surface area contributed by atoms with Crippen LogP contribution in [0.2, 0.25) is 0 Å². The first kappa shape index (κ1) is 14.8. The van der Waals surface area contributed by atoms with Crippen molar-refractivity contribution in [3.8, 4) is 5.75 Å². The van der Waals surface area contributed by atoms with Crippen molar-refractivity contribution >= 4 is 17.1 Å². The largest absolute Gasteiger partial charge is 0.415 e. The van der Waals surface area contributed by atoms with Gasteiger partial charge in [-0.25, -0.2) is 4.79 Å². The fourth-order valence-electron chi connectivity index (χ4n) is 3.19. The standard InChI is InChI=1S/C19H18N2O3/c22-19(23-15-6-2-1-3-7-15)21-12-10-14(11-13-21)18-16-8-4-5-9-17(16)24-20-18/h1-9,14H,10-13H2. The topological polar surface area (TPSA) is 55.6 Å². The van der Waals surface area contributed by atoms with E-state index >= 15 is 0 Å². The highest BCUT2D eigenvalue weighted by Crippen LogP contribution is 2.32. The Labute approximate surface area is 139 Å². The summed E-state index contributed by atoms with van der Waals surface area (Å²) in [7, 11) is 0. The molecule has 5 nitrogen and oxygen atoms in total. The van der Waals surface area contributed by atoms with Crippen LogP contribution >= 0.6 is 0 Å². The summed E-state index contributed by atoms with van der Waals surface area (Å²) in [5.74, 6) is 0.890. The first-order valence-corrected chi connectivity index (χ1v) is 8.17. The smallest absolute Gasteiger partial charge is 0.410 e. The second kappa shape index (κ2) is 6.35. The number of piperidine rings is 1. The number of hydrogen-bond donors (Lipinski definition) is 0. The summed E-state index contributed by atoms with van der Waals surface area (Å²) in [5.41, 5.74) is 1.82. The van der Waals surface area contributed by atoms with Crippen LogP contribution in [0.3, 0.4) is 0 Å². The maximum absolute atomic E-state index is 12.2. The predicted molar refractivity (Wildman–Crippen MR) is 90.0 cm³/mol. The van der Waals surface area contributed by atoms with E-state index in [0.717, 1.165) is 29.5 Å². The summed E-state index contributed by atoms with van der Waals surface area (Å²) >= 11 is 0. The van der Waals surface area contributed by atoms with E-state index in [0.29, 0.717) is 24.8 Å². The van der Waals surface area contributed by atoms with E-state index in [1.54, 1.807) is 17.0 Å². The monoisotopic (exact) mass is 322 g/mol. The van der Waals surface area contributed by atoms with Crippen molar-refractivity contribution in [2.45, 2.75) is 18.8 Å². The Balaban J connectivity index is 1.41. The zero-order chi connectivity index (χ0) is 16.4. The highest BCUT2D eigenvalue weighted by molar-refractivity contribution is 5.79. The number of benzene rings is 2. The molecule has 1 saturated heterocycles. The predicted octanol–water partition coefficient (Wildman–Crippen LogP) is 4.21. The van der Waals surface area contributed by atoms with Crippen molar-refractivity contribution in [2.75, 3.05) is 13.1 Å². The zero-order valence-corrected chi connectivity index (χ0v) is 13.2. The van der Waals surface area contributed by atoms with Gasteiger partial charge in [-0.15, -0.1) is 0 Å². The van der Waals surface area contributed by atoms with Crippen molar-refractivity contribution in [1.82, 2.24) is 10.1 Å². The summed E-state index contributed by atoms with van der Waals surface area (Å²) in [6.45, 7) is 1.33. The molecule has 1 aromatic heterocycles. The molecule has 4 rings (SSSR count). The summed E-state index contributed by atoms with van der Waals surface area (Å²) < 4.78 is 10.8. The van der Waals surface area contributed by atoms with Gasteiger partial charge in [-0.3, -0.25) is 0 Å². The Morgan fingerprint density at radius 1 is 1.04 bits per heavy atom. The van der Waals surface area contributed by atoms with Crippen molar-refractivity contribution in [2.24, 2.45) is 0 Å². The first-order valence-electron chi connectivity index (χ1n) is 8.17. The van der Waals surface area contributed by atoms with Crippen LogP contribution in [-0.2, 0) is 0 Å². The number of hydrogen-bond acceptors (Lipinski definition) is 4. The van der Waals surface area contributed by atoms with Crippen molar-refractivity contribution in [1.29, 1.82) is 0 Å². The molecule has 5 heteroatoms. The van der Waals surface area contributed by atoms with Gasteiger partial charge in [0, 0.05) is 24.4 Å². The molecule has 0 saturated carbocycles. The Morgan fingerprint density at radius 3 is 2.54 bits per heavy atom. The lowest BCUT2D eigenvalue weighted by atomic mass is 9.92. The molecular weight excluding hydrogens is 304 g/mol. The van der Waals surface area contributed by atoms with E-state index in [2.05, 4.69) is 5.16 Å². The SMILES string of the molecule is O=C(Oc1ccccc1)N1CCC(c2noc3ccccc23)CC1. The Kier molecular flexibility index (Phi) is 3.91. The zero-order valence-electron chi connectivity index (χ0n) is 13.2. The van der Waals surface area contributed by atoms with Crippen molar-refractivity contribution in [3.63, 3.8) is 0 Å². The molecule has 1 aliphatic rings. The molecule has 122 valence electrons. The van der Waals surface area contributed by atoms with Crippen LogP contribution in [0.15, 0.2) is 59.1 Å². The molecule has 0 bridgehead atoms. The minimum atomic E-state index is -0.287. The number of rotatable bonds is 2. The Bertz CT molecular complexity index is 836. The highest BCUT2D eigenvalue weighted by atomic mass is 16.6. The molecule has 0 N–H and O–H groups in total. The van der Waals surface area contributed by atoms with Crippen LogP contribution in [-0.4, -0.2) is 29.2 Å². The van der Waals surface area contributed by atoms with Gasteiger partial charge in [0.1, 0.15) is 5.75 Å². The molecule has 0 spiro atoms. The normalized spacial score (nSPS) is 15.6. The van der Waals surface area contributed by atoms with Crippen LogP contribution < -0.4 is 4.74 Å². The summed E-state index contributed by atoms with van der Waals surface area (Å²) in [5, 5.41) is 5.32. The molecule has 0 unspecified atom stereocenters. The van der Waals surface area contributed by atoms with E-state index in [9.17, 15) is 4.79 Å². The lowest BCUT2D eigenvalue weighted by Gasteiger charge is -2.30. The molecule has 2 aromatic carbocycles. The average Bonchev–Trinajstić information content (AvgIpc) is 3.07. The molecule has 3 aromatic rings. The van der Waals surface area contributed by atoms with Gasteiger partial charge in [-0.1, -0.05) is 35.5 Å². The van der Waals surface area contributed by atoms with Gasteiger partial charge < -0.3 is 14.2 Å². The van der Waals surface area contributed by atoms with Gasteiger partial charge in [0.2, 0.25) is 0 Å². The van der Waals surface area contributed by atoms with Crippen LogP contribution in [0.4, 0.5) is 4.79 Å². The number of carbonyl (C=O) groups is 1. The van der Waals surface area contributed by atoms with E-state index in [-0.39, 0.29) is 6.09 Å². The second-order valence-corrected chi connectivity index (χ2v) is 6.01. The van der Waals surface area contributed by atoms with Gasteiger partial charge in [0.15, 0.2) is 5.58 Å². The van der Waals surface area contributed by atoms with E-state index in [4.69, 9.17) is 9.26 Å². The van der Waals surface area contributed by atoms with Gasteiger partial charge in [0.25, 0.3) is 0 Å². The van der Waals surface area contributed by atoms with Crippen LogP contribution in [0.1, 0.15) is 24.5 Å². The lowest BCUT2D eigenvalue weighted by molar-refractivity contribution is 0.138. The average molecular weight is 322 g/mol. The van der Waals surface area contributed by atoms with Crippen molar-refractivity contribution in [3.05, 3.63) is 60.3 Å². The van der Waals surface area contributed by atoms with E-state index < -0.39 is 0 Å². The number of para-hydroxylation sites is 2. The minimum absolute atomic E-state index is 0.287.